The predicted molar refractivity (Wildman–Crippen MR) is 111 cm³/mol. The number of hydrogen-bond donors (Lipinski definition) is 1. The molecule has 1 saturated carbocycles. The number of carbonyl (C=O) groups is 1. The van der Waals surface area contributed by atoms with E-state index in [9.17, 15) is 4.79 Å². The van der Waals surface area contributed by atoms with Crippen molar-refractivity contribution in [3.05, 3.63) is 23.9 Å². The molecule has 0 unspecified atom stereocenters. The lowest BCUT2D eigenvalue weighted by Gasteiger charge is -2.34. The number of carbonyl (C=O) groups excluding carboxylic acids is 1. The lowest BCUT2D eigenvalue weighted by atomic mass is 10.0. The molecule has 8 heteroatoms. The molecule has 2 saturated heterocycles. The molecule has 152 valence electrons. The number of likely N-dealkylation sites (tertiary alicyclic amines) is 1. The van der Waals surface area contributed by atoms with Crippen LogP contribution in [0.2, 0.25) is 0 Å². The Bertz CT molecular complexity index is 601. The lowest BCUT2D eigenvalue weighted by molar-refractivity contribution is 0.0704. The summed E-state index contributed by atoms with van der Waals surface area (Å²) < 4.78 is 5.42. The second-order valence-corrected chi connectivity index (χ2v) is 7.39. The summed E-state index contributed by atoms with van der Waals surface area (Å²) in [5.74, 6) is 1.84. The van der Waals surface area contributed by atoms with Crippen LogP contribution in [0.1, 0.15) is 36.0 Å². The minimum Gasteiger partial charge on any atom is -0.378 e. The highest BCUT2D eigenvalue weighted by Gasteiger charge is 2.28. The van der Waals surface area contributed by atoms with Gasteiger partial charge < -0.3 is 19.9 Å². The van der Waals surface area contributed by atoms with Gasteiger partial charge in [0.05, 0.1) is 18.8 Å². The van der Waals surface area contributed by atoms with Crippen molar-refractivity contribution in [3.63, 3.8) is 0 Å². The molecular formula is C19H30Cl2N4O2. The Morgan fingerprint density at radius 2 is 1.81 bits per heavy atom. The van der Waals surface area contributed by atoms with E-state index in [4.69, 9.17) is 4.74 Å². The summed E-state index contributed by atoms with van der Waals surface area (Å²) in [4.78, 5) is 21.7. The molecule has 0 radical (unpaired) electrons. The van der Waals surface area contributed by atoms with E-state index in [1.807, 2.05) is 17.0 Å². The van der Waals surface area contributed by atoms with Crippen molar-refractivity contribution in [2.75, 3.05) is 50.8 Å². The van der Waals surface area contributed by atoms with Crippen molar-refractivity contribution in [2.24, 2.45) is 5.92 Å². The first-order valence-corrected chi connectivity index (χ1v) is 9.61. The van der Waals surface area contributed by atoms with Crippen LogP contribution in [0.4, 0.5) is 5.82 Å². The van der Waals surface area contributed by atoms with Crippen LogP contribution in [0.15, 0.2) is 18.3 Å². The van der Waals surface area contributed by atoms with Gasteiger partial charge in [-0.05, 0) is 50.3 Å². The van der Waals surface area contributed by atoms with Crippen molar-refractivity contribution in [3.8, 4) is 0 Å². The van der Waals surface area contributed by atoms with Crippen LogP contribution in [0, 0.1) is 5.92 Å². The largest absolute Gasteiger partial charge is 0.378 e. The van der Waals surface area contributed by atoms with Crippen LogP contribution in [-0.4, -0.2) is 67.8 Å². The van der Waals surface area contributed by atoms with Gasteiger partial charge in [-0.1, -0.05) is 0 Å². The second-order valence-electron chi connectivity index (χ2n) is 7.39. The van der Waals surface area contributed by atoms with Gasteiger partial charge in [0.25, 0.3) is 5.91 Å². The number of piperidine rings is 1. The van der Waals surface area contributed by atoms with E-state index < -0.39 is 0 Å². The zero-order valence-electron chi connectivity index (χ0n) is 15.6. The highest BCUT2D eigenvalue weighted by Crippen LogP contribution is 2.28. The van der Waals surface area contributed by atoms with E-state index in [1.54, 1.807) is 6.20 Å². The number of nitrogens with one attached hydrogen (secondary N) is 1. The molecule has 3 aliphatic rings. The molecule has 6 nitrogen and oxygen atoms in total. The maximum atomic E-state index is 13.1. The fraction of sp³-hybridized carbons (Fsp3) is 0.684. The first-order chi connectivity index (χ1) is 12.3. The van der Waals surface area contributed by atoms with Crippen molar-refractivity contribution in [1.82, 2.24) is 15.2 Å². The van der Waals surface area contributed by atoms with Crippen LogP contribution >= 0.6 is 24.8 Å². The van der Waals surface area contributed by atoms with Crippen molar-refractivity contribution < 1.29 is 9.53 Å². The van der Waals surface area contributed by atoms with Crippen LogP contribution in [0.3, 0.4) is 0 Å². The minimum atomic E-state index is 0. The number of halogens is 2. The monoisotopic (exact) mass is 416 g/mol. The van der Waals surface area contributed by atoms with E-state index in [2.05, 4.69) is 15.2 Å². The summed E-state index contributed by atoms with van der Waals surface area (Å²) >= 11 is 0. The van der Waals surface area contributed by atoms with Gasteiger partial charge >= 0.3 is 0 Å². The standard InChI is InChI=1S/C19H28N4O2.2ClH/c24-19(23-8-5-16(6-9-23)21-14-15-3-4-15)17-2-1-7-20-18(17)22-10-12-25-13-11-22;;/h1-2,7,15-16,21H,3-6,8-14H2;2*1H. The van der Waals surface area contributed by atoms with Crippen LogP contribution < -0.4 is 10.2 Å². The van der Waals surface area contributed by atoms with E-state index in [-0.39, 0.29) is 30.7 Å². The van der Waals surface area contributed by atoms with Gasteiger partial charge in [0.2, 0.25) is 0 Å². The van der Waals surface area contributed by atoms with Gasteiger partial charge in [-0.2, -0.15) is 0 Å². The maximum Gasteiger partial charge on any atom is 0.257 e. The Labute approximate surface area is 173 Å². The summed E-state index contributed by atoms with van der Waals surface area (Å²) in [6, 6.07) is 4.34. The van der Waals surface area contributed by atoms with Crippen molar-refractivity contribution in [1.29, 1.82) is 0 Å². The maximum absolute atomic E-state index is 13.1. The van der Waals surface area contributed by atoms with Crippen molar-refractivity contribution >= 4 is 36.5 Å². The Kier molecular flexibility index (Phi) is 8.61. The molecule has 1 N–H and O–H groups in total. The van der Waals surface area contributed by atoms with E-state index in [1.165, 1.54) is 12.8 Å². The molecule has 0 atom stereocenters. The summed E-state index contributed by atoms with van der Waals surface area (Å²) in [5.41, 5.74) is 0.730. The van der Waals surface area contributed by atoms with Crippen LogP contribution in [-0.2, 0) is 4.74 Å². The topological polar surface area (TPSA) is 57.7 Å². The number of morpholine rings is 1. The molecule has 2 aliphatic heterocycles. The molecule has 4 rings (SSSR count). The summed E-state index contributed by atoms with van der Waals surface area (Å²) in [5, 5.41) is 3.67. The number of pyridine rings is 1. The number of ether oxygens (including phenoxy) is 1. The number of hydrogen-bond acceptors (Lipinski definition) is 5. The zero-order chi connectivity index (χ0) is 17.1. The first-order valence-electron chi connectivity index (χ1n) is 9.61. The molecule has 1 aromatic heterocycles. The fourth-order valence-corrected chi connectivity index (χ4v) is 3.70. The lowest BCUT2D eigenvalue weighted by Crippen LogP contribution is -2.46. The smallest absolute Gasteiger partial charge is 0.257 e. The zero-order valence-corrected chi connectivity index (χ0v) is 17.3. The molecule has 1 aromatic rings. The Morgan fingerprint density at radius 1 is 1.11 bits per heavy atom. The minimum absolute atomic E-state index is 0. The SMILES string of the molecule is Cl.Cl.O=C(c1cccnc1N1CCOCC1)N1CCC(NCC2CC2)CC1. The normalized spacial score (nSPS) is 20.6. The molecule has 0 aromatic carbocycles. The van der Waals surface area contributed by atoms with Crippen LogP contribution in [0.5, 0.6) is 0 Å². The van der Waals surface area contributed by atoms with E-state index in [0.717, 1.165) is 62.9 Å². The second kappa shape index (κ2) is 10.5. The van der Waals surface area contributed by atoms with Gasteiger partial charge in [-0.25, -0.2) is 4.98 Å². The highest BCUT2D eigenvalue weighted by atomic mass is 35.5. The third-order valence-electron chi connectivity index (χ3n) is 5.50. The fourth-order valence-electron chi connectivity index (χ4n) is 3.70. The van der Waals surface area contributed by atoms with E-state index in [0.29, 0.717) is 19.3 Å². The summed E-state index contributed by atoms with van der Waals surface area (Å²) in [6.07, 6.45) is 6.64. The van der Waals surface area contributed by atoms with Gasteiger partial charge in [0, 0.05) is 38.4 Å². The van der Waals surface area contributed by atoms with Crippen molar-refractivity contribution in [2.45, 2.75) is 31.7 Å². The molecule has 1 aliphatic carbocycles. The molecule has 0 spiro atoms. The number of aromatic nitrogens is 1. The van der Waals surface area contributed by atoms with Gasteiger partial charge in [-0.15, -0.1) is 24.8 Å². The molecule has 3 heterocycles. The molecule has 1 amide bonds. The Hall–Kier alpha value is -1.08. The molecule has 3 fully saturated rings. The van der Waals surface area contributed by atoms with Crippen LogP contribution in [0.25, 0.3) is 0 Å². The number of amides is 1. The van der Waals surface area contributed by atoms with Gasteiger partial charge in [0.1, 0.15) is 5.82 Å². The van der Waals surface area contributed by atoms with Gasteiger partial charge in [0.15, 0.2) is 0 Å². The summed E-state index contributed by atoms with van der Waals surface area (Å²) in [6.45, 7) is 5.80. The third kappa shape index (κ3) is 5.70. The number of nitrogens with zero attached hydrogens (tertiary/aromatic N) is 3. The van der Waals surface area contributed by atoms with Gasteiger partial charge in [-0.3, -0.25) is 4.79 Å². The average Bonchev–Trinajstić information content (AvgIpc) is 3.51. The summed E-state index contributed by atoms with van der Waals surface area (Å²) in [7, 11) is 0. The first kappa shape index (κ1) is 22.2. The number of anilines is 1. The number of rotatable bonds is 5. The molecule has 27 heavy (non-hydrogen) atoms. The van der Waals surface area contributed by atoms with E-state index >= 15 is 0 Å². The quantitative estimate of drug-likeness (QED) is 0.797. The third-order valence-corrected chi connectivity index (χ3v) is 5.50. The predicted octanol–water partition coefficient (Wildman–Crippen LogP) is 2.37. The Morgan fingerprint density at radius 3 is 2.48 bits per heavy atom. The average molecular weight is 417 g/mol. The highest BCUT2D eigenvalue weighted by molar-refractivity contribution is 5.99. The molecule has 0 bridgehead atoms. The molecular weight excluding hydrogens is 387 g/mol. The Balaban J connectivity index is 0.00000131.